The van der Waals surface area contributed by atoms with Crippen LogP contribution >= 0.6 is 11.3 Å². The minimum Gasteiger partial charge on any atom is -0.245 e. The van der Waals surface area contributed by atoms with Crippen LogP contribution in [0.2, 0.25) is 0 Å². The largest absolute Gasteiger partial charge is 0.245 e. The van der Waals surface area contributed by atoms with Gasteiger partial charge in [-0.2, -0.15) is 4.31 Å². The van der Waals surface area contributed by atoms with Crippen LogP contribution in [-0.2, 0) is 16.6 Å². The summed E-state index contributed by atoms with van der Waals surface area (Å²) in [4.78, 5) is 4.64. The van der Waals surface area contributed by atoms with Gasteiger partial charge in [-0.3, -0.25) is 0 Å². The average Bonchev–Trinajstić information content (AvgIpc) is 2.75. The van der Waals surface area contributed by atoms with E-state index in [1.54, 1.807) is 32.2 Å². The highest BCUT2D eigenvalue weighted by Crippen LogP contribution is 2.20. The van der Waals surface area contributed by atoms with E-state index in [1.807, 2.05) is 18.4 Å². The highest BCUT2D eigenvalue weighted by Gasteiger charge is 2.23. The minimum atomic E-state index is -3.46. The number of thiazole rings is 1. The lowest BCUT2D eigenvalue weighted by atomic mass is 10.2. The molecule has 0 amide bonds. The third-order valence-corrected chi connectivity index (χ3v) is 5.62. The molecule has 0 fully saturated rings. The second-order valence-electron chi connectivity index (χ2n) is 4.38. The van der Waals surface area contributed by atoms with E-state index in [2.05, 4.69) is 4.98 Å². The number of nitrogens with zero attached hydrogens (tertiary/aromatic N) is 2. The molecule has 0 radical (unpaired) electrons. The average molecular weight is 296 g/mol. The Labute approximate surface area is 117 Å². The summed E-state index contributed by atoms with van der Waals surface area (Å²) in [6, 6.07) is 7.00. The van der Waals surface area contributed by atoms with E-state index >= 15 is 0 Å². The minimum absolute atomic E-state index is 0.293. The zero-order valence-corrected chi connectivity index (χ0v) is 12.8. The van der Waals surface area contributed by atoms with Crippen molar-refractivity contribution < 1.29 is 8.42 Å². The summed E-state index contributed by atoms with van der Waals surface area (Å²) in [6.45, 7) is 4.00. The van der Waals surface area contributed by atoms with E-state index in [-0.39, 0.29) is 0 Å². The highest BCUT2D eigenvalue weighted by atomic mass is 32.2. The highest BCUT2D eigenvalue weighted by molar-refractivity contribution is 7.89. The molecule has 0 aliphatic carbocycles. The summed E-state index contributed by atoms with van der Waals surface area (Å²) in [7, 11) is -1.88. The summed E-state index contributed by atoms with van der Waals surface area (Å²) in [5.74, 6) is 0. The maximum Gasteiger partial charge on any atom is 0.243 e. The van der Waals surface area contributed by atoms with E-state index < -0.39 is 10.0 Å². The predicted molar refractivity (Wildman–Crippen MR) is 76.7 cm³/mol. The van der Waals surface area contributed by atoms with Crippen molar-refractivity contribution in [3.63, 3.8) is 0 Å². The van der Waals surface area contributed by atoms with Crippen molar-refractivity contribution in [3.05, 3.63) is 45.9 Å². The maximum absolute atomic E-state index is 12.5. The Kier molecular flexibility index (Phi) is 4.03. The van der Waals surface area contributed by atoms with E-state index in [1.165, 1.54) is 15.6 Å². The van der Waals surface area contributed by atoms with Crippen LogP contribution in [0.5, 0.6) is 0 Å². The van der Waals surface area contributed by atoms with E-state index in [0.29, 0.717) is 11.4 Å². The van der Waals surface area contributed by atoms with E-state index in [0.717, 1.165) is 16.3 Å². The molecule has 19 heavy (non-hydrogen) atoms. The molecule has 1 aromatic carbocycles. The molecule has 1 heterocycles. The number of aryl methyl sites for hydroxylation is 2. The van der Waals surface area contributed by atoms with Crippen molar-refractivity contribution in [2.24, 2.45) is 0 Å². The Morgan fingerprint density at radius 2 is 1.95 bits per heavy atom. The van der Waals surface area contributed by atoms with Crippen molar-refractivity contribution in [1.29, 1.82) is 0 Å². The van der Waals surface area contributed by atoms with Gasteiger partial charge < -0.3 is 0 Å². The van der Waals surface area contributed by atoms with Crippen molar-refractivity contribution >= 4 is 21.4 Å². The van der Waals surface area contributed by atoms with Crippen LogP contribution in [0.3, 0.4) is 0 Å². The molecule has 2 aromatic rings. The van der Waals surface area contributed by atoms with Gasteiger partial charge in [0, 0.05) is 12.4 Å². The second kappa shape index (κ2) is 5.40. The van der Waals surface area contributed by atoms with Crippen LogP contribution in [0.25, 0.3) is 0 Å². The molecule has 1 aromatic heterocycles. The van der Waals surface area contributed by atoms with Gasteiger partial charge in [0.25, 0.3) is 0 Å². The summed E-state index contributed by atoms with van der Waals surface area (Å²) in [5, 5.41) is 2.83. The van der Waals surface area contributed by atoms with Crippen LogP contribution in [0.4, 0.5) is 0 Å². The summed E-state index contributed by atoms with van der Waals surface area (Å²) < 4.78 is 26.3. The molecule has 0 unspecified atom stereocenters. The molecule has 0 aliphatic rings. The quantitative estimate of drug-likeness (QED) is 0.871. The maximum atomic E-state index is 12.5. The SMILES string of the molecule is Cc1nc(CN(C)S(=O)(=O)c2ccccc2C)cs1. The third-order valence-electron chi connectivity index (χ3n) is 2.83. The molecule has 4 nitrogen and oxygen atoms in total. The lowest BCUT2D eigenvalue weighted by Crippen LogP contribution is -2.27. The monoisotopic (exact) mass is 296 g/mol. The fraction of sp³-hybridized carbons (Fsp3) is 0.308. The van der Waals surface area contributed by atoms with Gasteiger partial charge in [-0.1, -0.05) is 18.2 Å². The summed E-state index contributed by atoms with van der Waals surface area (Å²) >= 11 is 1.52. The van der Waals surface area contributed by atoms with Crippen molar-refractivity contribution in [2.45, 2.75) is 25.3 Å². The number of hydrogen-bond donors (Lipinski definition) is 0. The van der Waals surface area contributed by atoms with Gasteiger partial charge >= 0.3 is 0 Å². The molecule has 0 saturated heterocycles. The fourth-order valence-corrected chi connectivity index (χ4v) is 3.77. The van der Waals surface area contributed by atoms with Gasteiger partial charge in [-0.15, -0.1) is 11.3 Å². The molecular formula is C13H16N2O2S2. The second-order valence-corrected chi connectivity index (χ2v) is 7.46. The first-order chi connectivity index (χ1) is 8.91. The standard InChI is InChI=1S/C13H16N2O2S2/c1-10-6-4-5-7-13(10)19(16,17)15(3)8-12-9-18-11(2)14-12/h4-7,9H,8H2,1-3H3. The number of benzene rings is 1. The number of hydrogen-bond acceptors (Lipinski definition) is 4. The van der Waals surface area contributed by atoms with Crippen LogP contribution in [-0.4, -0.2) is 24.8 Å². The molecule has 0 aliphatic heterocycles. The molecular weight excluding hydrogens is 280 g/mol. The first-order valence-electron chi connectivity index (χ1n) is 5.84. The van der Waals surface area contributed by atoms with Gasteiger partial charge in [0.2, 0.25) is 10.0 Å². The lowest BCUT2D eigenvalue weighted by Gasteiger charge is -2.17. The Balaban J connectivity index is 2.27. The first kappa shape index (κ1) is 14.2. The fourth-order valence-electron chi connectivity index (χ4n) is 1.81. The van der Waals surface area contributed by atoms with Crippen LogP contribution in [0.1, 0.15) is 16.3 Å². The van der Waals surface area contributed by atoms with Crippen LogP contribution in [0, 0.1) is 13.8 Å². The van der Waals surface area contributed by atoms with Gasteiger partial charge in [-0.25, -0.2) is 13.4 Å². The zero-order valence-electron chi connectivity index (χ0n) is 11.1. The molecule has 0 bridgehead atoms. The normalized spacial score (nSPS) is 12.0. The van der Waals surface area contributed by atoms with Crippen LogP contribution in [0.15, 0.2) is 34.5 Å². The summed E-state index contributed by atoms with van der Waals surface area (Å²) in [6.07, 6.45) is 0. The van der Waals surface area contributed by atoms with Crippen molar-refractivity contribution in [3.8, 4) is 0 Å². The Hall–Kier alpha value is -1.24. The van der Waals surface area contributed by atoms with Gasteiger partial charge in [0.1, 0.15) is 0 Å². The third kappa shape index (κ3) is 3.02. The Bertz CT molecular complexity index is 677. The molecule has 0 saturated carbocycles. The van der Waals surface area contributed by atoms with Gasteiger partial charge in [0.15, 0.2) is 0 Å². The first-order valence-corrected chi connectivity index (χ1v) is 8.16. The topological polar surface area (TPSA) is 50.3 Å². The number of rotatable bonds is 4. The lowest BCUT2D eigenvalue weighted by molar-refractivity contribution is 0.462. The Morgan fingerprint density at radius 3 is 2.53 bits per heavy atom. The molecule has 0 spiro atoms. The van der Waals surface area contributed by atoms with Gasteiger partial charge in [-0.05, 0) is 25.5 Å². The molecule has 2 rings (SSSR count). The number of sulfonamides is 1. The molecule has 0 atom stereocenters. The number of aromatic nitrogens is 1. The molecule has 102 valence electrons. The van der Waals surface area contributed by atoms with Crippen molar-refractivity contribution in [2.75, 3.05) is 7.05 Å². The smallest absolute Gasteiger partial charge is 0.243 e. The molecule has 0 N–H and O–H groups in total. The zero-order chi connectivity index (χ0) is 14.0. The van der Waals surface area contributed by atoms with Crippen LogP contribution < -0.4 is 0 Å². The van der Waals surface area contributed by atoms with E-state index in [9.17, 15) is 8.42 Å². The van der Waals surface area contributed by atoms with Crippen molar-refractivity contribution in [1.82, 2.24) is 9.29 Å². The Morgan fingerprint density at radius 1 is 1.26 bits per heavy atom. The van der Waals surface area contributed by atoms with E-state index in [4.69, 9.17) is 0 Å². The molecule has 6 heteroatoms. The van der Waals surface area contributed by atoms with Gasteiger partial charge in [0.05, 0.1) is 22.1 Å². The predicted octanol–water partition coefficient (Wildman–Crippen LogP) is 2.58. The summed E-state index contributed by atoms with van der Waals surface area (Å²) in [5.41, 5.74) is 1.53.